The Hall–Kier alpha value is -3.22. The van der Waals surface area contributed by atoms with Crippen molar-refractivity contribution in [3.63, 3.8) is 0 Å². The van der Waals surface area contributed by atoms with Crippen LogP contribution in [0.3, 0.4) is 0 Å². The van der Waals surface area contributed by atoms with Gasteiger partial charge in [-0.3, -0.25) is 9.38 Å². The molecule has 248 valence electrons. The number of rotatable bonds is 9. The highest BCUT2D eigenvalue weighted by atomic mass is 32.2. The van der Waals surface area contributed by atoms with Crippen molar-refractivity contribution < 1.29 is 9.29 Å². The molecular formula is C36H47N7O2SSi. The van der Waals surface area contributed by atoms with E-state index in [1.165, 1.54) is 11.1 Å². The van der Waals surface area contributed by atoms with Crippen molar-refractivity contribution in [2.24, 2.45) is 5.41 Å². The van der Waals surface area contributed by atoms with E-state index in [2.05, 4.69) is 73.7 Å². The SMILES string of the molecule is CC(C)(C)[S+]([O-])N[C@@H]1c2ccccc2CC12CCN(c1nc3c(c(-c4ccncc4)cn3COCC[Si](C)(C)C)c3nccn13)CC2. The van der Waals surface area contributed by atoms with Crippen LogP contribution >= 0.6 is 0 Å². The number of fused-ring (bicyclic) bond motifs is 4. The second-order valence-electron chi connectivity index (χ2n) is 15.5. The molecule has 5 aromatic rings. The highest BCUT2D eigenvalue weighted by Crippen LogP contribution is 2.53. The largest absolute Gasteiger partial charge is 0.598 e. The minimum atomic E-state index is -1.21. The number of anilines is 1. The summed E-state index contributed by atoms with van der Waals surface area (Å²) < 4.78 is 27.2. The fraction of sp³-hybridized carbons (Fsp3) is 0.472. The Kier molecular flexibility index (Phi) is 8.49. The van der Waals surface area contributed by atoms with Crippen molar-refractivity contribution >= 4 is 42.1 Å². The quantitative estimate of drug-likeness (QED) is 0.103. The van der Waals surface area contributed by atoms with Gasteiger partial charge in [0.15, 0.2) is 5.65 Å². The monoisotopic (exact) mass is 669 g/mol. The maximum absolute atomic E-state index is 13.4. The van der Waals surface area contributed by atoms with Gasteiger partial charge in [-0.25, -0.2) is 4.98 Å². The lowest BCUT2D eigenvalue weighted by Crippen LogP contribution is -2.50. The van der Waals surface area contributed by atoms with Gasteiger partial charge in [0.2, 0.25) is 5.95 Å². The Morgan fingerprint density at radius 2 is 1.79 bits per heavy atom. The Morgan fingerprint density at radius 1 is 1.04 bits per heavy atom. The molecule has 1 aromatic carbocycles. The fourth-order valence-electron chi connectivity index (χ4n) is 7.18. The zero-order chi connectivity index (χ0) is 33.0. The standard InChI is InChI=1S/C36H47N7O2SSi/c1-35(2,3)46(44)40-31-28-10-8-7-9-27(28)23-36(31)13-18-41(19-14-36)34-39-33-30(32-38-17-20-43(32)34)29(26-11-15-37-16-12-26)24-42(33)25-45-21-22-47(4,5)6/h7-12,15-17,20,24,31,40H,13-14,18-19,21-23,25H2,1-6H3/t31-,46?/m1/s1. The first-order chi connectivity index (χ1) is 22.4. The predicted octanol–water partition coefficient (Wildman–Crippen LogP) is 6.99. The smallest absolute Gasteiger partial charge is 0.213 e. The van der Waals surface area contributed by atoms with Crippen LogP contribution in [0.5, 0.6) is 0 Å². The van der Waals surface area contributed by atoms with Gasteiger partial charge < -0.3 is 18.8 Å². The first-order valence-electron chi connectivity index (χ1n) is 16.8. The van der Waals surface area contributed by atoms with Crippen molar-refractivity contribution in [2.45, 2.75) is 83.2 Å². The number of pyridine rings is 1. The normalized spacial score (nSPS) is 18.8. The van der Waals surface area contributed by atoms with Crippen molar-refractivity contribution in [3.8, 4) is 11.1 Å². The van der Waals surface area contributed by atoms with Crippen LogP contribution in [-0.2, 0) is 29.3 Å². The van der Waals surface area contributed by atoms with E-state index in [1.807, 2.05) is 57.7 Å². The van der Waals surface area contributed by atoms with Crippen LogP contribution in [0.1, 0.15) is 50.8 Å². The maximum atomic E-state index is 13.4. The van der Waals surface area contributed by atoms with Gasteiger partial charge in [0.1, 0.15) is 17.1 Å². The Labute approximate surface area is 282 Å². The molecule has 1 aliphatic carbocycles. The molecule has 1 N–H and O–H groups in total. The molecule has 0 radical (unpaired) electrons. The molecule has 0 bridgehead atoms. The molecular weight excluding hydrogens is 623 g/mol. The Morgan fingerprint density at radius 3 is 2.51 bits per heavy atom. The van der Waals surface area contributed by atoms with Crippen LogP contribution in [-0.4, -0.2) is 61.0 Å². The number of piperidine rings is 1. The number of hydrogen-bond acceptors (Lipinski definition) is 7. The summed E-state index contributed by atoms with van der Waals surface area (Å²) in [6.07, 6.45) is 12.7. The number of nitrogens with one attached hydrogen (secondary N) is 1. The lowest BCUT2D eigenvalue weighted by atomic mass is 9.73. The van der Waals surface area contributed by atoms with Gasteiger partial charge in [-0.05, 0) is 74.9 Å². The third-order valence-electron chi connectivity index (χ3n) is 9.90. The molecule has 7 rings (SSSR count). The van der Waals surface area contributed by atoms with E-state index in [4.69, 9.17) is 14.7 Å². The average molecular weight is 670 g/mol. The molecule has 1 aliphatic heterocycles. The number of imidazole rings is 1. The summed E-state index contributed by atoms with van der Waals surface area (Å²) in [6, 6.07) is 14.0. The second-order valence-corrected chi connectivity index (χ2v) is 23.1. The van der Waals surface area contributed by atoms with Crippen LogP contribution in [0.25, 0.3) is 27.8 Å². The molecule has 9 nitrogen and oxygen atoms in total. The van der Waals surface area contributed by atoms with Gasteiger partial charge in [0.05, 0.1) is 11.4 Å². The molecule has 0 saturated carbocycles. The number of benzene rings is 1. The predicted molar refractivity (Wildman–Crippen MR) is 194 cm³/mol. The second kappa shape index (κ2) is 12.3. The summed E-state index contributed by atoms with van der Waals surface area (Å²) in [5, 5.41) is 1.02. The van der Waals surface area contributed by atoms with E-state index >= 15 is 0 Å². The van der Waals surface area contributed by atoms with Gasteiger partial charge in [-0.1, -0.05) is 43.9 Å². The highest BCUT2D eigenvalue weighted by molar-refractivity contribution is 7.90. The van der Waals surface area contributed by atoms with Crippen LogP contribution in [0, 0.1) is 5.41 Å². The van der Waals surface area contributed by atoms with Gasteiger partial charge in [-0.15, -0.1) is 4.72 Å². The first-order valence-corrected chi connectivity index (χ1v) is 21.6. The topological polar surface area (TPSA) is 95.6 Å². The first kappa shape index (κ1) is 32.3. The molecule has 4 aromatic heterocycles. The van der Waals surface area contributed by atoms with Crippen LogP contribution < -0.4 is 9.62 Å². The molecule has 0 amide bonds. The van der Waals surface area contributed by atoms with Gasteiger partial charge in [-0.2, -0.15) is 4.98 Å². The van der Waals surface area contributed by atoms with Crippen LogP contribution in [0.15, 0.2) is 67.4 Å². The Bertz CT molecular complexity index is 1870. The number of hydrogen-bond donors (Lipinski definition) is 1. The van der Waals surface area contributed by atoms with Crippen molar-refractivity contribution in [1.82, 2.24) is 28.6 Å². The molecule has 2 aliphatic rings. The van der Waals surface area contributed by atoms with E-state index in [-0.39, 0.29) is 16.2 Å². The molecule has 1 saturated heterocycles. The molecule has 1 unspecified atom stereocenters. The van der Waals surface area contributed by atoms with E-state index < -0.39 is 19.4 Å². The molecule has 5 heterocycles. The highest BCUT2D eigenvalue weighted by Gasteiger charge is 2.50. The van der Waals surface area contributed by atoms with Gasteiger partial charge in [0, 0.05) is 81.1 Å². The van der Waals surface area contributed by atoms with Crippen LogP contribution in [0.2, 0.25) is 25.7 Å². The van der Waals surface area contributed by atoms with E-state index in [0.717, 1.165) is 78.8 Å². The Balaban J connectivity index is 1.22. The van der Waals surface area contributed by atoms with E-state index in [1.54, 1.807) is 0 Å². The summed E-state index contributed by atoms with van der Waals surface area (Å²) >= 11 is -1.17. The van der Waals surface area contributed by atoms with Crippen molar-refractivity contribution in [1.29, 1.82) is 0 Å². The molecule has 2 atom stereocenters. The van der Waals surface area contributed by atoms with E-state index in [0.29, 0.717) is 6.73 Å². The minimum Gasteiger partial charge on any atom is -0.598 e. The summed E-state index contributed by atoms with van der Waals surface area (Å²) in [4.78, 5) is 16.9. The molecule has 1 spiro atoms. The average Bonchev–Trinajstić information content (AvgIpc) is 3.74. The molecule has 1 fully saturated rings. The zero-order valence-corrected chi connectivity index (χ0v) is 30.3. The van der Waals surface area contributed by atoms with Gasteiger partial charge in [0.25, 0.3) is 0 Å². The molecule has 11 heteroatoms. The van der Waals surface area contributed by atoms with E-state index in [9.17, 15) is 4.55 Å². The third kappa shape index (κ3) is 6.24. The summed E-state index contributed by atoms with van der Waals surface area (Å²) in [5.74, 6) is 0.904. The lowest BCUT2D eigenvalue weighted by Gasteiger charge is -2.44. The van der Waals surface area contributed by atoms with Crippen LogP contribution in [0.4, 0.5) is 5.95 Å². The maximum Gasteiger partial charge on any atom is 0.213 e. The summed E-state index contributed by atoms with van der Waals surface area (Å²) in [6.45, 7) is 16.1. The fourth-order valence-corrected chi connectivity index (χ4v) is 8.88. The zero-order valence-electron chi connectivity index (χ0n) is 28.5. The summed E-state index contributed by atoms with van der Waals surface area (Å²) in [7, 11) is -1.21. The molecule has 47 heavy (non-hydrogen) atoms. The lowest BCUT2D eigenvalue weighted by molar-refractivity contribution is 0.0899. The number of ether oxygens (including phenoxy) is 1. The summed E-state index contributed by atoms with van der Waals surface area (Å²) in [5.41, 5.74) is 6.60. The third-order valence-corrected chi connectivity index (χ3v) is 13.2. The van der Waals surface area contributed by atoms with Gasteiger partial charge >= 0.3 is 0 Å². The minimum absolute atomic E-state index is 0.00179. The number of aromatic nitrogens is 5. The van der Waals surface area contributed by atoms with Crippen molar-refractivity contribution in [3.05, 3.63) is 78.5 Å². The number of nitrogens with zero attached hydrogens (tertiary/aromatic N) is 6. The van der Waals surface area contributed by atoms with Crippen molar-refractivity contribution in [2.75, 3.05) is 24.6 Å².